The molecule has 0 bridgehead atoms. The molecular formula is C14H22N2. The lowest BCUT2D eigenvalue weighted by Gasteiger charge is -2.26. The fourth-order valence-electron chi connectivity index (χ4n) is 2.77. The molecule has 88 valence electrons. The van der Waals surface area contributed by atoms with Crippen LogP contribution in [0.4, 0.5) is 0 Å². The van der Waals surface area contributed by atoms with Gasteiger partial charge in [0.2, 0.25) is 0 Å². The predicted octanol–water partition coefficient (Wildman–Crippen LogP) is 2.72. The molecule has 0 spiro atoms. The summed E-state index contributed by atoms with van der Waals surface area (Å²) in [5, 5.41) is 0. The molecule has 0 aromatic heterocycles. The molecule has 2 heteroatoms. The molecule has 1 aromatic carbocycles. The lowest BCUT2D eigenvalue weighted by Crippen LogP contribution is -2.27. The second-order valence-corrected chi connectivity index (χ2v) is 5.32. The average Bonchev–Trinajstić information content (AvgIpc) is 2.56. The molecule has 0 heterocycles. The predicted molar refractivity (Wildman–Crippen MR) is 68.2 cm³/mol. The Labute approximate surface area is 98.4 Å². The van der Waals surface area contributed by atoms with Gasteiger partial charge in [0, 0.05) is 18.6 Å². The van der Waals surface area contributed by atoms with Crippen molar-refractivity contribution in [2.75, 3.05) is 13.6 Å². The zero-order valence-electron chi connectivity index (χ0n) is 10.5. The van der Waals surface area contributed by atoms with Crippen molar-refractivity contribution >= 4 is 0 Å². The van der Waals surface area contributed by atoms with Crippen LogP contribution in [0.25, 0.3) is 0 Å². The first-order chi connectivity index (χ1) is 7.59. The fourth-order valence-corrected chi connectivity index (χ4v) is 2.77. The van der Waals surface area contributed by atoms with E-state index in [1.165, 1.54) is 11.1 Å². The number of fused-ring (bicyclic) bond motifs is 1. The first-order valence-electron chi connectivity index (χ1n) is 6.14. The first-order valence-corrected chi connectivity index (χ1v) is 6.14. The molecule has 1 aliphatic carbocycles. The Morgan fingerprint density at radius 1 is 1.31 bits per heavy atom. The maximum Gasteiger partial charge on any atom is 0.0366 e. The minimum atomic E-state index is 0.218. The second-order valence-electron chi connectivity index (χ2n) is 5.32. The van der Waals surface area contributed by atoms with Crippen LogP contribution in [0.2, 0.25) is 0 Å². The summed E-state index contributed by atoms with van der Waals surface area (Å²) in [6.45, 7) is 5.65. The largest absolute Gasteiger partial charge is 0.324 e. The number of rotatable bonds is 3. The Morgan fingerprint density at radius 2 is 1.94 bits per heavy atom. The summed E-state index contributed by atoms with van der Waals surface area (Å²) in [6, 6.07) is 9.33. The number of hydrogen-bond donors (Lipinski definition) is 1. The van der Waals surface area contributed by atoms with Gasteiger partial charge in [0.15, 0.2) is 0 Å². The highest BCUT2D eigenvalue weighted by molar-refractivity contribution is 5.37. The van der Waals surface area contributed by atoms with Crippen molar-refractivity contribution < 1.29 is 0 Å². The standard InChI is InChI=1S/C14H22N2/c1-10(2)9-16(3)14-8-13(15)11-6-4-5-7-12(11)14/h4-7,10,13-14H,8-9,15H2,1-3H3. The highest BCUT2D eigenvalue weighted by Crippen LogP contribution is 2.40. The Bertz CT molecular complexity index is 360. The van der Waals surface area contributed by atoms with Crippen LogP contribution in [0, 0.1) is 5.92 Å². The van der Waals surface area contributed by atoms with E-state index in [2.05, 4.69) is 50.1 Å². The van der Waals surface area contributed by atoms with E-state index in [4.69, 9.17) is 5.73 Å². The van der Waals surface area contributed by atoms with E-state index in [0.29, 0.717) is 12.0 Å². The van der Waals surface area contributed by atoms with E-state index in [0.717, 1.165) is 13.0 Å². The van der Waals surface area contributed by atoms with Crippen LogP contribution in [0.1, 0.15) is 43.5 Å². The maximum absolute atomic E-state index is 6.18. The van der Waals surface area contributed by atoms with Gasteiger partial charge in [-0.3, -0.25) is 4.90 Å². The number of nitrogens with two attached hydrogens (primary N) is 1. The Morgan fingerprint density at radius 3 is 2.56 bits per heavy atom. The van der Waals surface area contributed by atoms with E-state index >= 15 is 0 Å². The maximum atomic E-state index is 6.18. The van der Waals surface area contributed by atoms with Gasteiger partial charge >= 0.3 is 0 Å². The number of nitrogens with zero attached hydrogens (tertiary/aromatic N) is 1. The van der Waals surface area contributed by atoms with Crippen molar-refractivity contribution in [2.24, 2.45) is 11.7 Å². The SMILES string of the molecule is CC(C)CN(C)C1CC(N)c2ccccc21. The molecule has 0 aliphatic heterocycles. The third-order valence-corrected chi connectivity index (χ3v) is 3.42. The van der Waals surface area contributed by atoms with Crippen LogP contribution >= 0.6 is 0 Å². The van der Waals surface area contributed by atoms with Crippen molar-refractivity contribution in [3.05, 3.63) is 35.4 Å². The Balaban J connectivity index is 2.20. The molecule has 1 aromatic rings. The van der Waals surface area contributed by atoms with E-state index in [1.807, 2.05) is 0 Å². The second kappa shape index (κ2) is 4.56. The molecule has 16 heavy (non-hydrogen) atoms. The van der Waals surface area contributed by atoms with E-state index in [-0.39, 0.29) is 6.04 Å². The van der Waals surface area contributed by atoms with Crippen LogP contribution in [0.15, 0.2) is 24.3 Å². The molecule has 2 unspecified atom stereocenters. The molecule has 0 amide bonds. The van der Waals surface area contributed by atoms with Crippen molar-refractivity contribution in [3.63, 3.8) is 0 Å². The van der Waals surface area contributed by atoms with Gasteiger partial charge in [-0.25, -0.2) is 0 Å². The van der Waals surface area contributed by atoms with Gasteiger partial charge in [-0.15, -0.1) is 0 Å². The fraction of sp³-hybridized carbons (Fsp3) is 0.571. The highest BCUT2D eigenvalue weighted by Gasteiger charge is 2.30. The summed E-state index contributed by atoms with van der Waals surface area (Å²) < 4.78 is 0. The lowest BCUT2D eigenvalue weighted by atomic mass is 10.1. The van der Waals surface area contributed by atoms with Crippen molar-refractivity contribution in [1.82, 2.24) is 4.90 Å². The molecule has 1 aliphatic rings. The minimum Gasteiger partial charge on any atom is -0.324 e. The third kappa shape index (κ3) is 2.13. The summed E-state index contributed by atoms with van der Waals surface area (Å²) >= 11 is 0. The molecular weight excluding hydrogens is 196 g/mol. The van der Waals surface area contributed by atoms with Gasteiger partial charge in [0.05, 0.1) is 0 Å². The summed E-state index contributed by atoms with van der Waals surface area (Å²) in [6.07, 6.45) is 1.06. The van der Waals surface area contributed by atoms with Gasteiger partial charge in [-0.2, -0.15) is 0 Å². The quantitative estimate of drug-likeness (QED) is 0.845. The summed E-state index contributed by atoms with van der Waals surface area (Å²) in [5.41, 5.74) is 8.94. The van der Waals surface area contributed by atoms with Crippen LogP contribution in [-0.4, -0.2) is 18.5 Å². The van der Waals surface area contributed by atoms with Gasteiger partial charge < -0.3 is 5.73 Å². The van der Waals surface area contributed by atoms with Crippen molar-refractivity contribution in [1.29, 1.82) is 0 Å². The number of benzene rings is 1. The molecule has 0 fully saturated rings. The van der Waals surface area contributed by atoms with Gasteiger partial charge in [-0.05, 0) is 30.5 Å². The van der Waals surface area contributed by atoms with E-state index < -0.39 is 0 Å². The topological polar surface area (TPSA) is 29.3 Å². The zero-order valence-corrected chi connectivity index (χ0v) is 10.5. The monoisotopic (exact) mass is 218 g/mol. The van der Waals surface area contributed by atoms with Crippen LogP contribution in [0.5, 0.6) is 0 Å². The normalized spacial score (nSPS) is 24.1. The minimum absolute atomic E-state index is 0.218. The average molecular weight is 218 g/mol. The van der Waals surface area contributed by atoms with Crippen LogP contribution in [-0.2, 0) is 0 Å². The zero-order chi connectivity index (χ0) is 11.7. The first kappa shape index (κ1) is 11.6. The van der Waals surface area contributed by atoms with E-state index in [1.54, 1.807) is 0 Å². The van der Waals surface area contributed by atoms with Gasteiger partial charge in [0.25, 0.3) is 0 Å². The number of hydrogen-bond acceptors (Lipinski definition) is 2. The molecule has 0 saturated heterocycles. The van der Waals surface area contributed by atoms with E-state index in [9.17, 15) is 0 Å². The molecule has 2 atom stereocenters. The van der Waals surface area contributed by atoms with Crippen LogP contribution in [0.3, 0.4) is 0 Å². The summed E-state index contributed by atoms with van der Waals surface area (Å²) in [4.78, 5) is 2.44. The Kier molecular flexibility index (Phi) is 3.31. The smallest absolute Gasteiger partial charge is 0.0366 e. The molecule has 2 N–H and O–H groups in total. The van der Waals surface area contributed by atoms with Gasteiger partial charge in [0.1, 0.15) is 0 Å². The highest BCUT2D eigenvalue weighted by atomic mass is 15.1. The third-order valence-electron chi connectivity index (χ3n) is 3.42. The summed E-state index contributed by atoms with van der Waals surface area (Å²) in [7, 11) is 2.21. The van der Waals surface area contributed by atoms with Crippen molar-refractivity contribution in [3.8, 4) is 0 Å². The summed E-state index contributed by atoms with van der Waals surface area (Å²) in [5.74, 6) is 0.703. The van der Waals surface area contributed by atoms with Crippen LogP contribution < -0.4 is 5.73 Å². The molecule has 2 rings (SSSR count). The lowest BCUT2D eigenvalue weighted by molar-refractivity contribution is 0.213. The molecule has 2 nitrogen and oxygen atoms in total. The van der Waals surface area contributed by atoms with Crippen molar-refractivity contribution in [2.45, 2.75) is 32.4 Å². The molecule has 0 saturated carbocycles. The Hall–Kier alpha value is -0.860. The van der Waals surface area contributed by atoms with Gasteiger partial charge in [-0.1, -0.05) is 38.1 Å². The molecule has 0 radical (unpaired) electrons.